The van der Waals surface area contributed by atoms with E-state index in [1.54, 1.807) is 11.8 Å². The first kappa shape index (κ1) is 18.3. The zero-order valence-corrected chi connectivity index (χ0v) is 16.2. The maximum absolute atomic E-state index is 12.5. The standard InChI is InChI=1S/C19H22N4O2S/c1-5-18-21-22-19(25-18)16-9-12(2)23(13(16)3)11-17(24)20-14-7-6-8-15(10-14)26-4/h6-10H,5,11H2,1-4H3,(H,20,24). The fraction of sp³-hybridized carbons (Fsp3) is 0.316. The first-order valence-corrected chi connectivity index (χ1v) is 9.67. The predicted molar refractivity (Wildman–Crippen MR) is 103 cm³/mol. The number of nitrogens with zero attached hydrogens (tertiary/aromatic N) is 3. The molecule has 1 N–H and O–H groups in total. The van der Waals surface area contributed by atoms with Crippen molar-refractivity contribution in [1.82, 2.24) is 14.8 Å². The van der Waals surface area contributed by atoms with E-state index in [9.17, 15) is 4.79 Å². The zero-order chi connectivity index (χ0) is 18.7. The molecule has 1 aromatic carbocycles. The molecule has 0 aliphatic heterocycles. The summed E-state index contributed by atoms with van der Waals surface area (Å²) in [6, 6.07) is 9.79. The van der Waals surface area contributed by atoms with Gasteiger partial charge in [-0.25, -0.2) is 0 Å². The Balaban J connectivity index is 1.78. The van der Waals surface area contributed by atoms with Crippen LogP contribution in [0.5, 0.6) is 0 Å². The molecule has 0 radical (unpaired) electrons. The van der Waals surface area contributed by atoms with Crippen LogP contribution < -0.4 is 5.32 Å². The van der Waals surface area contributed by atoms with Gasteiger partial charge < -0.3 is 14.3 Å². The first-order valence-electron chi connectivity index (χ1n) is 8.45. The minimum absolute atomic E-state index is 0.0728. The van der Waals surface area contributed by atoms with E-state index in [0.717, 1.165) is 27.5 Å². The van der Waals surface area contributed by atoms with Crippen molar-refractivity contribution in [2.45, 2.75) is 38.6 Å². The number of aryl methyl sites for hydroxylation is 2. The fourth-order valence-electron chi connectivity index (χ4n) is 2.81. The lowest BCUT2D eigenvalue weighted by atomic mass is 10.2. The summed E-state index contributed by atoms with van der Waals surface area (Å²) in [5, 5.41) is 11.1. The monoisotopic (exact) mass is 370 g/mol. The number of aromatic nitrogens is 3. The van der Waals surface area contributed by atoms with Crippen molar-refractivity contribution < 1.29 is 9.21 Å². The van der Waals surface area contributed by atoms with Crippen molar-refractivity contribution in [3.8, 4) is 11.5 Å². The van der Waals surface area contributed by atoms with Crippen LogP contribution in [0.2, 0.25) is 0 Å². The molecule has 0 saturated carbocycles. The van der Waals surface area contributed by atoms with E-state index in [2.05, 4.69) is 15.5 Å². The van der Waals surface area contributed by atoms with Gasteiger partial charge in [0.15, 0.2) is 0 Å². The van der Waals surface area contributed by atoms with Crippen LogP contribution in [-0.2, 0) is 17.8 Å². The van der Waals surface area contributed by atoms with Crippen LogP contribution in [0.4, 0.5) is 5.69 Å². The van der Waals surface area contributed by atoms with Crippen LogP contribution in [0.1, 0.15) is 24.2 Å². The van der Waals surface area contributed by atoms with Gasteiger partial charge in [-0.3, -0.25) is 4.79 Å². The van der Waals surface area contributed by atoms with Gasteiger partial charge >= 0.3 is 0 Å². The Labute approximate surface area is 157 Å². The maximum atomic E-state index is 12.5. The number of hydrogen-bond donors (Lipinski definition) is 1. The van der Waals surface area contributed by atoms with Crippen molar-refractivity contribution in [2.75, 3.05) is 11.6 Å². The van der Waals surface area contributed by atoms with Gasteiger partial charge in [0.2, 0.25) is 17.7 Å². The summed E-state index contributed by atoms with van der Waals surface area (Å²) in [5.41, 5.74) is 3.57. The van der Waals surface area contributed by atoms with Crippen LogP contribution >= 0.6 is 11.8 Å². The summed E-state index contributed by atoms with van der Waals surface area (Å²) in [6.07, 6.45) is 2.71. The van der Waals surface area contributed by atoms with E-state index in [-0.39, 0.29) is 12.5 Å². The molecule has 0 atom stereocenters. The highest BCUT2D eigenvalue weighted by Gasteiger charge is 2.17. The average molecular weight is 370 g/mol. The zero-order valence-electron chi connectivity index (χ0n) is 15.4. The van der Waals surface area contributed by atoms with E-state index in [1.165, 1.54) is 0 Å². The largest absolute Gasteiger partial charge is 0.421 e. The molecule has 0 aliphatic carbocycles. The minimum Gasteiger partial charge on any atom is -0.421 e. The predicted octanol–water partition coefficient (Wildman–Crippen LogP) is 4.08. The Hall–Kier alpha value is -2.54. The van der Waals surface area contributed by atoms with E-state index < -0.39 is 0 Å². The molecule has 0 unspecified atom stereocenters. The van der Waals surface area contributed by atoms with Crippen molar-refractivity contribution in [3.63, 3.8) is 0 Å². The van der Waals surface area contributed by atoms with Gasteiger partial charge in [-0.2, -0.15) is 0 Å². The Bertz CT molecular complexity index is 930. The van der Waals surface area contributed by atoms with Crippen molar-refractivity contribution in [2.24, 2.45) is 0 Å². The number of amides is 1. The third-order valence-corrected chi connectivity index (χ3v) is 4.95. The van der Waals surface area contributed by atoms with Crippen molar-refractivity contribution in [1.29, 1.82) is 0 Å². The summed E-state index contributed by atoms with van der Waals surface area (Å²) in [5.74, 6) is 1.03. The molecule has 0 saturated heterocycles. The molecule has 0 bridgehead atoms. The molecule has 6 nitrogen and oxygen atoms in total. The van der Waals surface area contributed by atoms with Gasteiger partial charge in [-0.05, 0) is 44.4 Å². The van der Waals surface area contributed by atoms with Crippen molar-refractivity contribution >= 4 is 23.4 Å². The Morgan fingerprint density at radius 2 is 2.08 bits per heavy atom. The van der Waals surface area contributed by atoms with Gasteiger partial charge in [0.25, 0.3) is 0 Å². The molecule has 7 heteroatoms. The van der Waals surface area contributed by atoms with Crippen LogP contribution in [0.25, 0.3) is 11.5 Å². The first-order chi connectivity index (χ1) is 12.5. The number of benzene rings is 1. The fourth-order valence-corrected chi connectivity index (χ4v) is 3.27. The average Bonchev–Trinajstić information content (AvgIpc) is 3.21. The number of rotatable bonds is 6. The van der Waals surface area contributed by atoms with Gasteiger partial charge in [-0.1, -0.05) is 13.0 Å². The third-order valence-electron chi connectivity index (χ3n) is 4.23. The molecule has 136 valence electrons. The molecule has 3 aromatic rings. The number of anilines is 1. The molecule has 26 heavy (non-hydrogen) atoms. The van der Waals surface area contributed by atoms with Gasteiger partial charge in [-0.15, -0.1) is 22.0 Å². The molecule has 0 spiro atoms. The summed E-state index contributed by atoms with van der Waals surface area (Å²) in [7, 11) is 0. The van der Waals surface area contributed by atoms with Crippen molar-refractivity contribution in [3.05, 3.63) is 47.6 Å². The second-order valence-electron chi connectivity index (χ2n) is 6.01. The highest BCUT2D eigenvalue weighted by Crippen LogP contribution is 2.26. The summed E-state index contributed by atoms with van der Waals surface area (Å²) >= 11 is 1.64. The van der Waals surface area contributed by atoms with Gasteiger partial charge in [0, 0.05) is 28.4 Å². The molecule has 3 rings (SSSR count). The SMILES string of the molecule is CCc1nnc(-c2cc(C)n(CC(=O)Nc3cccc(SC)c3)c2C)o1. The molecule has 2 aromatic heterocycles. The van der Waals surface area contributed by atoms with E-state index in [0.29, 0.717) is 18.2 Å². The third kappa shape index (κ3) is 3.83. The molecular weight excluding hydrogens is 348 g/mol. The van der Waals surface area contributed by atoms with Gasteiger partial charge in [0.05, 0.1) is 5.56 Å². The molecule has 0 aliphatic rings. The van der Waals surface area contributed by atoms with E-state index in [1.807, 2.05) is 61.9 Å². The maximum Gasteiger partial charge on any atom is 0.249 e. The summed E-state index contributed by atoms with van der Waals surface area (Å²) in [6.45, 7) is 6.13. The molecule has 2 heterocycles. The van der Waals surface area contributed by atoms with E-state index in [4.69, 9.17) is 4.42 Å². The number of carbonyl (C=O) groups is 1. The van der Waals surface area contributed by atoms with E-state index >= 15 is 0 Å². The lowest BCUT2D eigenvalue weighted by Gasteiger charge is -2.11. The summed E-state index contributed by atoms with van der Waals surface area (Å²) in [4.78, 5) is 13.6. The number of hydrogen-bond acceptors (Lipinski definition) is 5. The summed E-state index contributed by atoms with van der Waals surface area (Å²) < 4.78 is 7.61. The van der Waals surface area contributed by atoms with Gasteiger partial charge in [0.1, 0.15) is 6.54 Å². The highest BCUT2D eigenvalue weighted by molar-refractivity contribution is 7.98. The lowest BCUT2D eigenvalue weighted by molar-refractivity contribution is -0.116. The second kappa shape index (κ2) is 7.78. The lowest BCUT2D eigenvalue weighted by Crippen LogP contribution is -2.20. The minimum atomic E-state index is -0.0728. The molecular formula is C19H22N4O2S. The van der Waals surface area contributed by atoms with Crippen LogP contribution in [0.3, 0.4) is 0 Å². The normalized spacial score (nSPS) is 10.9. The number of nitrogens with one attached hydrogen (secondary N) is 1. The molecule has 1 amide bonds. The quantitative estimate of drug-likeness (QED) is 0.662. The number of carbonyl (C=O) groups excluding carboxylic acids is 1. The van der Waals surface area contributed by atoms with Crippen LogP contribution in [-0.4, -0.2) is 26.9 Å². The Kier molecular flexibility index (Phi) is 5.46. The van der Waals surface area contributed by atoms with Crippen LogP contribution in [0, 0.1) is 13.8 Å². The second-order valence-corrected chi connectivity index (χ2v) is 6.89. The topological polar surface area (TPSA) is 73.0 Å². The highest BCUT2D eigenvalue weighted by atomic mass is 32.2. The van der Waals surface area contributed by atoms with Crippen LogP contribution in [0.15, 0.2) is 39.6 Å². The Morgan fingerprint density at radius 1 is 1.27 bits per heavy atom. The molecule has 0 fully saturated rings. The smallest absolute Gasteiger partial charge is 0.249 e. The Morgan fingerprint density at radius 3 is 2.77 bits per heavy atom. The number of thioether (sulfide) groups is 1.